The molecule has 0 saturated heterocycles. The van der Waals surface area contributed by atoms with E-state index in [4.69, 9.17) is 8.83 Å². The molecule has 26 heavy (non-hydrogen) atoms. The van der Waals surface area contributed by atoms with Crippen molar-refractivity contribution in [3.8, 4) is 0 Å². The van der Waals surface area contributed by atoms with E-state index < -0.39 is 0 Å². The Bertz CT molecular complexity index is 950. The molecule has 0 saturated carbocycles. The molecule has 0 spiro atoms. The molecule has 3 rings (SSSR count). The van der Waals surface area contributed by atoms with Gasteiger partial charge in [-0.2, -0.15) is 0 Å². The molecule has 1 atom stereocenters. The Hall–Kier alpha value is -2.53. The summed E-state index contributed by atoms with van der Waals surface area (Å²) in [6, 6.07) is 7.91. The Kier molecular flexibility index (Phi) is 4.92. The predicted octanol–water partition coefficient (Wildman–Crippen LogP) is 4.29. The number of aryl methyl sites for hydroxylation is 4. The van der Waals surface area contributed by atoms with Crippen LogP contribution in [-0.4, -0.2) is 31.4 Å². The molecular weight excluding hydrogens is 328 g/mol. The van der Waals surface area contributed by atoms with Gasteiger partial charge in [-0.05, 0) is 77.2 Å². The van der Waals surface area contributed by atoms with Crippen molar-refractivity contribution in [1.29, 1.82) is 0 Å². The zero-order chi connectivity index (χ0) is 19.0. The van der Waals surface area contributed by atoms with Crippen molar-refractivity contribution in [2.24, 2.45) is 0 Å². The fourth-order valence-electron chi connectivity index (χ4n) is 3.13. The maximum atomic E-state index is 12.7. The van der Waals surface area contributed by atoms with Gasteiger partial charge >= 0.3 is 0 Å². The first-order chi connectivity index (χ1) is 12.3. The van der Waals surface area contributed by atoms with Crippen LogP contribution in [0.15, 0.2) is 33.1 Å². The Morgan fingerprint density at radius 1 is 1.08 bits per heavy atom. The van der Waals surface area contributed by atoms with Crippen LogP contribution in [0, 0.1) is 27.7 Å². The van der Waals surface area contributed by atoms with Gasteiger partial charge < -0.3 is 14.2 Å². The van der Waals surface area contributed by atoms with Crippen molar-refractivity contribution in [1.82, 2.24) is 10.2 Å². The van der Waals surface area contributed by atoms with E-state index >= 15 is 0 Å². The normalized spacial score (nSPS) is 12.7. The second-order valence-corrected chi connectivity index (χ2v) is 7.13. The molecule has 0 unspecified atom stereocenters. The molecule has 0 aliphatic rings. The number of benzene rings is 1. The fraction of sp³-hybridized carbons (Fsp3) is 0.381. The standard InChI is InChI=1S/C21H26N2O3/c1-12-9-16-15(4)20(26-19(16)10-13(12)2)21(24)22-11-17(23(5)6)18-8-7-14(3)25-18/h7-10,17H,11H2,1-6H3,(H,22,24)/t17-/m1/s1. The lowest BCUT2D eigenvalue weighted by atomic mass is 10.0. The molecule has 5 nitrogen and oxygen atoms in total. The van der Waals surface area contributed by atoms with Crippen LogP contribution >= 0.6 is 0 Å². The third-order valence-corrected chi connectivity index (χ3v) is 4.93. The van der Waals surface area contributed by atoms with Gasteiger partial charge in [0.15, 0.2) is 5.76 Å². The van der Waals surface area contributed by atoms with Gasteiger partial charge in [0.05, 0.1) is 6.04 Å². The molecular formula is C21H26N2O3. The number of furan rings is 2. The molecule has 1 aromatic carbocycles. The van der Waals surface area contributed by atoms with E-state index in [0.29, 0.717) is 12.3 Å². The van der Waals surface area contributed by atoms with E-state index in [0.717, 1.165) is 33.6 Å². The van der Waals surface area contributed by atoms with Crippen molar-refractivity contribution in [2.45, 2.75) is 33.7 Å². The number of amides is 1. The largest absolute Gasteiger partial charge is 0.465 e. The van der Waals surface area contributed by atoms with E-state index in [1.165, 1.54) is 5.56 Å². The number of rotatable bonds is 5. The summed E-state index contributed by atoms with van der Waals surface area (Å²) in [7, 11) is 3.93. The number of carbonyl (C=O) groups excluding carboxylic acids is 1. The van der Waals surface area contributed by atoms with Gasteiger partial charge in [-0.15, -0.1) is 0 Å². The molecule has 0 fully saturated rings. The monoisotopic (exact) mass is 354 g/mol. The van der Waals surface area contributed by atoms with Crippen LogP contribution in [0.2, 0.25) is 0 Å². The number of carbonyl (C=O) groups is 1. The minimum atomic E-state index is -0.205. The lowest BCUT2D eigenvalue weighted by Crippen LogP contribution is -2.34. The van der Waals surface area contributed by atoms with Gasteiger partial charge in [-0.1, -0.05) is 0 Å². The molecule has 0 aliphatic heterocycles. The van der Waals surface area contributed by atoms with Crippen LogP contribution < -0.4 is 5.32 Å². The van der Waals surface area contributed by atoms with Crippen LogP contribution in [0.5, 0.6) is 0 Å². The molecule has 138 valence electrons. The fourth-order valence-corrected chi connectivity index (χ4v) is 3.13. The van der Waals surface area contributed by atoms with Gasteiger partial charge in [-0.3, -0.25) is 9.69 Å². The van der Waals surface area contributed by atoms with E-state index in [1.54, 1.807) is 0 Å². The average Bonchev–Trinajstić information content (AvgIpc) is 3.12. The van der Waals surface area contributed by atoms with Crippen molar-refractivity contribution >= 4 is 16.9 Å². The van der Waals surface area contributed by atoms with Crippen LogP contribution in [0.4, 0.5) is 0 Å². The molecule has 0 radical (unpaired) electrons. The van der Waals surface area contributed by atoms with Gasteiger partial charge in [0.25, 0.3) is 5.91 Å². The number of likely N-dealkylation sites (N-methyl/N-ethyl adjacent to an activating group) is 1. The highest BCUT2D eigenvalue weighted by Crippen LogP contribution is 2.28. The van der Waals surface area contributed by atoms with Crippen LogP contribution in [-0.2, 0) is 0 Å². The molecule has 0 aliphatic carbocycles. The van der Waals surface area contributed by atoms with Gasteiger partial charge in [-0.25, -0.2) is 0 Å². The summed E-state index contributed by atoms with van der Waals surface area (Å²) in [5.74, 6) is 1.86. The SMILES string of the molecule is Cc1ccc([C@@H](CNC(=O)c2oc3cc(C)c(C)cc3c2C)N(C)C)o1. The minimum absolute atomic E-state index is 0.0400. The topological polar surface area (TPSA) is 58.6 Å². The maximum absolute atomic E-state index is 12.7. The van der Waals surface area contributed by atoms with Gasteiger partial charge in [0.1, 0.15) is 17.1 Å². The molecule has 1 N–H and O–H groups in total. The van der Waals surface area contributed by atoms with Crippen LogP contribution in [0.1, 0.15) is 44.8 Å². The lowest BCUT2D eigenvalue weighted by Gasteiger charge is -2.22. The first-order valence-corrected chi connectivity index (χ1v) is 8.79. The molecule has 1 amide bonds. The first kappa shape index (κ1) is 18.3. The van der Waals surface area contributed by atoms with E-state index in [1.807, 2.05) is 58.0 Å². The number of fused-ring (bicyclic) bond motifs is 1. The molecule has 2 heterocycles. The molecule has 2 aromatic heterocycles. The number of nitrogens with one attached hydrogen (secondary N) is 1. The van der Waals surface area contributed by atoms with Crippen molar-refractivity contribution < 1.29 is 13.6 Å². The summed E-state index contributed by atoms with van der Waals surface area (Å²) >= 11 is 0. The van der Waals surface area contributed by atoms with E-state index in [2.05, 4.69) is 18.3 Å². The summed E-state index contributed by atoms with van der Waals surface area (Å²) in [5.41, 5.74) is 3.96. The van der Waals surface area contributed by atoms with Crippen molar-refractivity contribution in [2.75, 3.05) is 20.6 Å². The second kappa shape index (κ2) is 7.00. The zero-order valence-electron chi connectivity index (χ0n) is 16.3. The number of nitrogens with zero attached hydrogens (tertiary/aromatic N) is 1. The number of hydrogen-bond acceptors (Lipinski definition) is 4. The van der Waals surface area contributed by atoms with E-state index in [9.17, 15) is 4.79 Å². The molecule has 5 heteroatoms. The predicted molar refractivity (Wildman–Crippen MR) is 103 cm³/mol. The van der Waals surface area contributed by atoms with E-state index in [-0.39, 0.29) is 11.9 Å². The third-order valence-electron chi connectivity index (χ3n) is 4.93. The molecule has 0 bridgehead atoms. The van der Waals surface area contributed by atoms with Crippen molar-refractivity contribution in [3.63, 3.8) is 0 Å². The highest BCUT2D eigenvalue weighted by molar-refractivity contribution is 5.99. The highest BCUT2D eigenvalue weighted by Gasteiger charge is 2.22. The zero-order valence-corrected chi connectivity index (χ0v) is 16.3. The van der Waals surface area contributed by atoms with Crippen LogP contribution in [0.25, 0.3) is 11.0 Å². The van der Waals surface area contributed by atoms with Gasteiger partial charge in [0, 0.05) is 17.5 Å². The lowest BCUT2D eigenvalue weighted by molar-refractivity contribution is 0.0912. The number of hydrogen-bond donors (Lipinski definition) is 1. The maximum Gasteiger partial charge on any atom is 0.287 e. The average molecular weight is 354 g/mol. The van der Waals surface area contributed by atoms with Crippen molar-refractivity contribution in [3.05, 3.63) is 58.2 Å². The Morgan fingerprint density at radius 3 is 2.38 bits per heavy atom. The minimum Gasteiger partial charge on any atom is -0.465 e. The third kappa shape index (κ3) is 3.40. The second-order valence-electron chi connectivity index (χ2n) is 7.13. The summed E-state index contributed by atoms with van der Waals surface area (Å²) < 4.78 is 11.6. The molecule has 3 aromatic rings. The summed E-state index contributed by atoms with van der Waals surface area (Å²) in [4.78, 5) is 14.7. The highest BCUT2D eigenvalue weighted by atomic mass is 16.3. The van der Waals surface area contributed by atoms with Crippen LogP contribution in [0.3, 0.4) is 0 Å². The summed E-state index contributed by atoms with van der Waals surface area (Å²) in [6.07, 6.45) is 0. The quantitative estimate of drug-likeness (QED) is 0.742. The van der Waals surface area contributed by atoms with Gasteiger partial charge in [0.2, 0.25) is 0 Å². The Balaban J connectivity index is 1.81. The Morgan fingerprint density at radius 2 is 1.77 bits per heavy atom. The summed E-state index contributed by atoms with van der Waals surface area (Å²) in [5, 5.41) is 3.97. The smallest absolute Gasteiger partial charge is 0.287 e. The first-order valence-electron chi connectivity index (χ1n) is 8.79. The Labute approximate surface area is 154 Å². The summed E-state index contributed by atoms with van der Waals surface area (Å²) in [6.45, 7) is 8.38.